The van der Waals surface area contributed by atoms with Crippen LogP contribution in [0, 0.1) is 0 Å². The molecule has 0 aromatic heterocycles. The topological polar surface area (TPSA) is 67.9 Å². The van der Waals surface area contributed by atoms with Gasteiger partial charge in [0.2, 0.25) is 5.91 Å². The van der Waals surface area contributed by atoms with Gasteiger partial charge in [0, 0.05) is 19.0 Å². The van der Waals surface area contributed by atoms with Crippen molar-refractivity contribution in [1.29, 1.82) is 0 Å². The molecular formula is C22H24N2O4. The molecule has 2 aromatic rings. The molecule has 2 aromatic carbocycles. The fourth-order valence-corrected chi connectivity index (χ4v) is 3.94. The van der Waals surface area contributed by atoms with Crippen LogP contribution < -0.4 is 5.32 Å². The van der Waals surface area contributed by atoms with Crippen LogP contribution in [0.15, 0.2) is 48.5 Å². The Morgan fingerprint density at radius 3 is 2.25 bits per heavy atom. The van der Waals surface area contributed by atoms with Gasteiger partial charge in [-0.1, -0.05) is 48.5 Å². The van der Waals surface area contributed by atoms with Crippen LogP contribution in [0.2, 0.25) is 0 Å². The Labute approximate surface area is 164 Å². The second-order valence-corrected chi connectivity index (χ2v) is 7.13. The molecule has 2 aliphatic rings. The lowest BCUT2D eigenvalue weighted by atomic mass is 9.98. The van der Waals surface area contributed by atoms with Gasteiger partial charge in [0.15, 0.2) is 0 Å². The number of benzene rings is 2. The van der Waals surface area contributed by atoms with Crippen LogP contribution >= 0.6 is 0 Å². The van der Waals surface area contributed by atoms with Crippen molar-refractivity contribution in [2.45, 2.75) is 18.9 Å². The van der Waals surface area contributed by atoms with Crippen LogP contribution in [0.4, 0.5) is 4.79 Å². The van der Waals surface area contributed by atoms with Crippen molar-refractivity contribution >= 4 is 12.0 Å². The summed E-state index contributed by atoms with van der Waals surface area (Å²) in [4.78, 5) is 26.4. The van der Waals surface area contributed by atoms with E-state index in [0.717, 1.165) is 11.1 Å². The van der Waals surface area contributed by atoms with Gasteiger partial charge in [-0.05, 0) is 29.2 Å². The van der Waals surface area contributed by atoms with E-state index in [1.54, 1.807) is 11.8 Å². The Kier molecular flexibility index (Phi) is 5.30. The molecule has 6 heteroatoms. The number of rotatable bonds is 4. The highest BCUT2D eigenvalue weighted by atomic mass is 16.5. The highest BCUT2D eigenvalue weighted by molar-refractivity contribution is 5.85. The summed E-state index contributed by atoms with van der Waals surface area (Å²) in [5, 5.41) is 2.66. The zero-order chi connectivity index (χ0) is 19.5. The third kappa shape index (κ3) is 3.60. The van der Waals surface area contributed by atoms with E-state index in [0.29, 0.717) is 26.3 Å². The van der Waals surface area contributed by atoms with Crippen LogP contribution in [0.1, 0.15) is 24.0 Å². The number of ether oxygens (including phenoxy) is 2. The fourth-order valence-electron chi connectivity index (χ4n) is 3.94. The van der Waals surface area contributed by atoms with Gasteiger partial charge in [-0.15, -0.1) is 0 Å². The van der Waals surface area contributed by atoms with Crippen molar-refractivity contribution in [3.8, 4) is 11.1 Å². The molecule has 1 aliphatic heterocycles. The average molecular weight is 380 g/mol. The van der Waals surface area contributed by atoms with E-state index in [4.69, 9.17) is 9.47 Å². The molecule has 146 valence electrons. The van der Waals surface area contributed by atoms with E-state index >= 15 is 0 Å². The summed E-state index contributed by atoms with van der Waals surface area (Å²) in [6, 6.07) is 15.7. The predicted molar refractivity (Wildman–Crippen MR) is 105 cm³/mol. The minimum Gasteiger partial charge on any atom is -0.449 e. The Bertz CT molecular complexity index is 831. The molecule has 1 aliphatic carbocycles. The molecule has 1 heterocycles. The van der Waals surface area contributed by atoms with E-state index in [1.165, 1.54) is 11.1 Å². The first-order valence-electron chi connectivity index (χ1n) is 9.63. The Balaban J connectivity index is 1.38. The number of nitrogens with zero attached hydrogens (tertiary/aromatic N) is 1. The third-order valence-corrected chi connectivity index (χ3v) is 5.37. The molecule has 2 amide bonds. The maximum atomic E-state index is 12.4. The number of hydrogen-bond donors (Lipinski definition) is 1. The number of amides is 2. The van der Waals surface area contributed by atoms with Crippen LogP contribution in [0.3, 0.4) is 0 Å². The van der Waals surface area contributed by atoms with Gasteiger partial charge in [0.1, 0.15) is 12.6 Å². The lowest BCUT2D eigenvalue weighted by molar-refractivity contribution is -0.137. The Morgan fingerprint density at radius 1 is 1.07 bits per heavy atom. The van der Waals surface area contributed by atoms with E-state index in [-0.39, 0.29) is 18.4 Å². The molecule has 1 saturated heterocycles. The number of morpholine rings is 1. The van der Waals surface area contributed by atoms with Crippen LogP contribution in [0.5, 0.6) is 0 Å². The van der Waals surface area contributed by atoms with Gasteiger partial charge in [-0.3, -0.25) is 4.79 Å². The maximum absolute atomic E-state index is 12.4. The minimum absolute atomic E-state index is 0.00315. The largest absolute Gasteiger partial charge is 0.449 e. The quantitative estimate of drug-likeness (QED) is 0.886. The minimum atomic E-state index is -0.631. The molecule has 4 rings (SSSR count). The summed E-state index contributed by atoms with van der Waals surface area (Å²) in [5.74, 6) is -0.111. The van der Waals surface area contributed by atoms with Crippen molar-refractivity contribution in [3.05, 3.63) is 59.7 Å². The number of alkyl carbamates (subject to hydrolysis) is 1. The zero-order valence-electron chi connectivity index (χ0n) is 15.9. The lowest BCUT2D eigenvalue weighted by Gasteiger charge is -2.29. The molecule has 1 N–H and O–H groups in total. The molecule has 0 unspecified atom stereocenters. The lowest BCUT2D eigenvalue weighted by Crippen LogP contribution is -2.50. The van der Waals surface area contributed by atoms with Crippen LogP contribution in [-0.4, -0.2) is 55.9 Å². The van der Waals surface area contributed by atoms with E-state index in [2.05, 4.69) is 29.6 Å². The second-order valence-electron chi connectivity index (χ2n) is 7.13. The molecule has 0 saturated carbocycles. The number of fused-ring (bicyclic) bond motifs is 3. The predicted octanol–water partition coefficient (Wildman–Crippen LogP) is 2.77. The smallest absolute Gasteiger partial charge is 0.407 e. The van der Waals surface area contributed by atoms with Gasteiger partial charge in [-0.2, -0.15) is 0 Å². The highest BCUT2D eigenvalue weighted by Crippen LogP contribution is 2.44. The van der Waals surface area contributed by atoms with Crippen LogP contribution in [0.25, 0.3) is 11.1 Å². The summed E-state index contributed by atoms with van der Waals surface area (Å²) < 4.78 is 10.8. The maximum Gasteiger partial charge on any atom is 0.407 e. The number of hydrogen-bond acceptors (Lipinski definition) is 4. The summed E-state index contributed by atoms with van der Waals surface area (Å²) in [5.41, 5.74) is 4.69. The van der Waals surface area contributed by atoms with Gasteiger partial charge in [-0.25, -0.2) is 4.79 Å². The molecule has 1 fully saturated rings. The normalized spacial score (nSPS) is 16.8. The second kappa shape index (κ2) is 8.02. The molecule has 0 bridgehead atoms. The number of carbonyl (C=O) groups is 2. The molecule has 6 nitrogen and oxygen atoms in total. The molecule has 0 spiro atoms. The number of nitrogens with one attached hydrogen (secondary N) is 1. The third-order valence-electron chi connectivity index (χ3n) is 5.37. The van der Waals surface area contributed by atoms with Crippen molar-refractivity contribution in [2.75, 3.05) is 32.9 Å². The standard InChI is InChI=1S/C22H24N2O4/c1-15(21(25)24-10-12-27-13-11-24)23-22(26)28-14-20-18-8-4-2-6-16(18)17-7-3-5-9-19(17)20/h2-9,15,20H,10-14H2,1H3,(H,23,26)/t15-/m0/s1. The highest BCUT2D eigenvalue weighted by Gasteiger charge is 2.30. The number of carbonyl (C=O) groups excluding carboxylic acids is 2. The van der Waals surface area contributed by atoms with Gasteiger partial charge >= 0.3 is 6.09 Å². The Hall–Kier alpha value is -2.86. The molecule has 1 atom stereocenters. The van der Waals surface area contributed by atoms with E-state index < -0.39 is 12.1 Å². The zero-order valence-corrected chi connectivity index (χ0v) is 15.9. The first-order chi connectivity index (χ1) is 13.6. The van der Waals surface area contributed by atoms with Gasteiger partial charge in [0.25, 0.3) is 0 Å². The van der Waals surface area contributed by atoms with Crippen molar-refractivity contribution in [1.82, 2.24) is 10.2 Å². The fraction of sp³-hybridized carbons (Fsp3) is 0.364. The first-order valence-corrected chi connectivity index (χ1v) is 9.63. The molecular weight excluding hydrogens is 356 g/mol. The SMILES string of the molecule is C[C@H](NC(=O)OCC1c2ccccc2-c2ccccc21)C(=O)N1CCOCC1. The van der Waals surface area contributed by atoms with Crippen molar-refractivity contribution in [3.63, 3.8) is 0 Å². The van der Waals surface area contributed by atoms with Crippen molar-refractivity contribution < 1.29 is 19.1 Å². The summed E-state index contributed by atoms with van der Waals surface area (Å²) in [7, 11) is 0. The van der Waals surface area contributed by atoms with Gasteiger partial charge in [0.05, 0.1) is 13.2 Å². The van der Waals surface area contributed by atoms with Crippen molar-refractivity contribution in [2.24, 2.45) is 0 Å². The summed E-state index contributed by atoms with van der Waals surface area (Å²) in [6.45, 7) is 4.08. The van der Waals surface area contributed by atoms with Crippen LogP contribution in [-0.2, 0) is 14.3 Å². The Morgan fingerprint density at radius 2 is 1.64 bits per heavy atom. The summed E-state index contributed by atoms with van der Waals surface area (Å²) >= 11 is 0. The first kappa shape index (κ1) is 18.5. The monoisotopic (exact) mass is 380 g/mol. The van der Waals surface area contributed by atoms with E-state index in [9.17, 15) is 9.59 Å². The molecule has 0 radical (unpaired) electrons. The summed E-state index contributed by atoms with van der Waals surface area (Å²) in [6.07, 6.45) is -0.573. The average Bonchev–Trinajstić information content (AvgIpc) is 3.06. The molecule has 28 heavy (non-hydrogen) atoms. The van der Waals surface area contributed by atoms with E-state index in [1.807, 2.05) is 24.3 Å². The van der Waals surface area contributed by atoms with Gasteiger partial charge < -0.3 is 19.7 Å².